The predicted molar refractivity (Wildman–Crippen MR) is 135 cm³/mol. The van der Waals surface area contributed by atoms with Gasteiger partial charge in [-0.05, 0) is 43.9 Å². The van der Waals surface area contributed by atoms with Crippen molar-refractivity contribution < 1.29 is 0 Å². The van der Waals surface area contributed by atoms with Crippen molar-refractivity contribution in [3.05, 3.63) is 46.6 Å². The van der Waals surface area contributed by atoms with Crippen LogP contribution in [0, 0.1) is 21.7 Å². The molecule has 0 radical (unpaired) electrons. The zero-order valence-corrected chi connectivity index (χ0v) is 23.0. The van der Waals surface area contributed by atoms with Crippen LogP contribution in [0.3, 0.4) is 0 Å². The first kappa shape index (κ1) is 24.4. The lowest BCUT2D eigenvalue weighted by Gasteiger charge is -2.43. The van der Waals surface area contributed by atoms with Crippen LogP contribution in [0.15, 0.2) is 46.6 Å². The molecule has 0 aliphatic heterocycles. The molecule has 2 unspecified atom stereocenters. The highest BCUT2D eigenvalue weighted by atomic mass is 28.3. The maximum atomic E-state index is 2.66. The van der Waals surface area contributed by atoms with Gasteiger partial charge in [-0.1, -0.05) is 132 Å². The van der Waals surface area contributed by atoms with E-state index in [0.717, 1.165) is 0 Å². The van der Waals surface area contributed by atoms with Crippen LogP contribution in [-0.2, 0) is 0 Å². The van der Waals surface area contributed by atoms with E-state index in [4.69, 9.17) is 0 Å². The summed E-state index contributed by atoms with van der Waals surface area (Å²) in [5.41, 5.74) is 8.42. The Labute approximate surface area is 183 Å². The van der Waals surface area contributed by atoms with Crippen LogP contribution in [0.1, 0.15) is 83.1 Å². The molecule has 1 heteroatoms. The molecule has 0 aromatic heterocycles. The number of allylic oxidation sites excluding steroid dienone is 8. The Morgan fingerprint density at radius 3 is 1.00 bits per heavy atom. The highest BCUT2D eigenvalue weighted by Gasteiger charge is 2.48. The molecular formula is C28H48Si. The molecule has 0 fully saturated rings. The van der Waals surface area contributed by atoms with Gasteiger partial charge in [0.05, 0.1) is 8.07 Å². The van der Waals surface area contributed by atoms with Gasteiger partial charge >= 0.3 is 0 Å². The average molecular weight is 413 g/mol. The fourth-order valence-electron chi connectivity index (χ4n) is 4.87. The van der Waals surface area contributed by atoms with Crippen molar-refractivity contribution in [2.45, 2.75) is 107 Å². The first-order valence-electron chi connectivity index (χ1n) is 11.6. The molecule has 29 heavy (non-hydrogen) atoms. The van der Waals surface area contributed by atoms with Crippen LogP contribution in [0.2, 0.25) is 24.2 Å². The first-order valence-corrected chi connectivity index (χ1v) is 14.7. The Morgan fingerprint density at radius 2 is 0.793 bits per heavy atom. The molecule has 2 aliphatic carbocycles. The first-order chi connectivity index (χ1) is 12.7. The Balaban J connectivity index is 2.63. The summed E-state index contributed by atoms with van der Waals surface area (Å²) in [6.07, 6.45) is 10.4. The van der Waals surface area contributed by atoms with E-state index >= 15 is 0 Å². The van der Waals surface area contributed by atoms with E-state index in [9.17, 15) is 0 Å². The van der Waals surface area contributed by atoms with Crippen LogP contribution in [0.5, 0.6) is 0 Å². The smallest absolute Gasteiger partial charge is 0.0707 e. The summed E-state index contributed by atoms with van der Waals surface area (Å²) in [4.78, 5) is 0. The largest absolute Gasteiger partial charge is 0.0763 e. The zero-order chi connectivity index (χ0) is 22.8. The van der Waals surface area contributed by atoms with E-state index in [1.165, 1.54) is 11.1 Å². The third-order valence-corrected chi connectivity index (χ3v) is 11.2. The van der Waals surface area contributed by atoms with Gasteiger partial charge < -0.3 is 0 Å². The zero-order valence-electron chi connectivity index (χ0n) is 22.0. The summed E-state index contributed by atoms with van der Waals surface area (Å²) in [5.74, 6) is 0. The van der Waals surface area contributed by atoms with E-state index in [1.54, 1.807) is 11.1 Å². The third-order valence-electron chi connectivity index (χ3n) is 7.05. The summed E-state index contributed by atoms with van der Waals surface area (Å²) in [7, 11) is -1.71. The Kier molecular flexibility index (Phi) is 5.99. The molecule has 0 spiro atoms. The van der Waals surface area contributed by atoms with Gasteiger partial charge in [-0.25, -0.2) is 0 Å². The molecule has 0 bridgehead atoms. The molecule has 0 N–H and O–H groups in total. The van der Waals surface area contributed by atoms with Crippen molar-refractivity contribution in [3.63, 3.8) is 0 Å². The molecule has 0 nitrogen and oxygen atoms in total. The highest BCUT2D eigenvalue weighted by molar-refractivity contribution is 6.82. The fraction of sp³-hybridized carbons (Fsp3) is 0.714. The minimum atomic E-state index is -1.71. The van der Waals surface area contributed by atoms with Gasteiger partial charge in [-0.3, -0.25) is 0 Å². The van der Waals surface area contributed by atoms with Crippen LogP contribution in [0.4, 0.5) is 0 Å². The van der Waals surface area contributed by atoms with Gasteiger partial charge in [-0.15, -0.1) is 0 Å². The minimum Gasteiger partial charge on any atom is -0.0763 e. The van der Waals surface area contributed by atoms with E-state index in [1.807, 2.05) is 0 Å². The van der Waals surface area contributed by atoms with Crippen LogP contribution >= 0.6 is 0 Å². The lowest BCUT2D eigenvalue weighted by atomic mass is 9.83. The van der Waals surface area contributed by atoms with Gasteiger partial charge in [0.25, 0.3) is 0 Å². The minimum absolute atomic E-state index is 0.208. The van der Waals surface area contributed by atoms with Crippen molar-refractivity contribution in [2.75, 3.05) is 0 Å². The molecule has 0 amide bonds. The lowest BCUT2D eigenvalue weighted by Crippen LogP contribution is -2.41. The molecule has 0 saturated carbocycles. The summed E-state index contributed by atoms with van der Waals surface area (Å²) >= 11 is 0. The Morgan fingerprint density at radius 1 is 0.517 bits per heavy atom. The Bertz CT molecular complexity index is 702. The van der Waals surface area contributed by atoms with Gasteiger partial charge in [0.15, 0.2) is 0 Å². The summed E-state index contributed by atoms with van der Waals surface area (Å²) in [5, 5.41) is 0. The van der Waals surface area contributed by atoms with Crippen LogP contribution in [-0.4, -0.2) is 8.07 Å². The molecule has 2 atom stereocenters. The molecule has 0 aromatic carbocycles. The number of hydrogen-bond acceptors (Lipinski definition) is 0. The fourth-order valence-corrected chi connectivity index (χ4v) is 9.11. The number of rotatable bonds is 2. The van der Waals surface area contributed by atoms with Crippen molar-refractivity contribution >= 4 is 8.07 Å². The Hall–Kier alpha value is -0.823. The normalized spacial score (nSPS) is 24.3. The topological polar surface area (TPSA) is 0 Å². The maximum Gasteiger partial charge on any atom is 0.0707 e. The van der Waals surface area contributed by atoms with Crippen molar-refractivity contribution in [2.24, 2.45) is 21.7 Å². The standard InChI is InChI=1S/C28H48Si/c1-25(2,3)19-15-21(27(7,8)9)23(17-19)29(13,14)24-18-20(26(4,5)6)16-22(24)28(10,11)12/h15-18,23-24H,1-14H3. The van der Waals surface area contributed by atoms with Gasteiger partial charge in [-0.2, -0.15) is 0 Å². The number of hydrogen-bond donors (Lipinski definition) is 0. The van der Waals surface area contributed by atoms with E-state index < -0.39 is 8.07 Å². The maximum absolute atomic E-state index is 2.66. The van der Waals surface area contributed by atoms with Crippen LogP contribution < -0.4 is 0 Å². The van der Waals surface area contributed by atoms with Gasteiger partial charge in [0.2, 0.25) is 0 Å². The van der Waals surface area contributed by atoms with Crippen molar-refractivity contribution in [1.29, 1.82) is 0 Å². The second kappa shape index (κ2) is 7.11. The molecule has 0 heterocycles. The molecule has 2 aliphatic rings. The second-order valence-corrected chi connectivity index (χ2v) is 19.1. The highest BCUT2D eigenvalue weighted by Crippen LogP contribution is 2.57. The quantitative estimate of drug-likeness (QED) is 0.396. The van der Waals surface area contributed by atoms with Crippen molar-refractivity contribution in [3.8, 4) is 0 Å². The summed E-state index contributed by atoms with van der Waals surface area (Å²) < 4.78 is 0. The summed E-state index contributed by atoms with van der Waals surface area (Å²) in [6, 6.07) is 0. The molecule has 2 rings (SSSR count). The SMILES string of the molecule is CC(C)(C)C1=CC([Si](C)(C)C2C=C(C(C)(C)C)C=C2C(C)(C)C)C(C(C)(C)C)=C1. The molecular weight excluding hydrogens is 364 g/mol. The summed E-state index contributed by atoms with van der Waals surface area (Å²) in [6.45, 7) is 33.9. The van der Waals surface area contributed by atoms with Gasteiger partial charge in [0.1, 0.15) is 0 Å². The van der Waals surface area contributed by atoms with E-state index in [-0.39, 0.29) is 21.7 Å². The molecule has 0 saturated heterocycles. The van der Waals surface area contributed by atoms with E-state index in [0.29, 0.717) is 11.1 Å². The second-order valence-electron chi connectivity index (χ2n) is 14.2. The third kappa shape index (κ3) is 4.92. The van der Waals surface area contributed by atoms with Crippen LogP contribution in [0.25, 0.3) is 0 Å². The molecule has 0 aromatic rings. The monoisotopic (exact) mass is 412 g/mol. The predicted octanol–water partition coefficient (Wildman–Crippen LogP) is 9.35. The van der Waals surface area contributed by atoms with Gasteiger partial charge in [0, 0.05) is 0 Å². The van der Waals surface area contributed by atoms with Crippen molar-refractivity contribution in [1.82, 2.24) is 0 Å². The lowest BCUT2D eigenvalue weighted by molar-refractivity contribution is 0.484. The molecule has 164 valence electrons. The average Bonchev–Trinajstić information content (AvgIpc) is 3.10. The van der Waals surface area contributed by atoms with E-state index in [2.05, 4.69) is 120 Å².